The summed E-state index contributed by atoms with van der Waals surface area (Å²) in [5, 5.41) is 0.800. The van der Waals surface area contributed by atoms with Gasteiger partial charge in [0, 0.05) is 22.7 Å². The van der Waals surface area contributed by atoms with Crippen molar-refractivity contribution in [3.63, 3.8) is 0 Å². The summed E-state index contributed by atoms with van der Waals surface area (Å²) in [7, 11) is 0. The van der Waals surface area contributed by atoms with Crippen molar-refractivity contribution in [3.05, 3.63) is 0 Å². The third-order valence-electron chi connectivity index (χ3n) is 1.70. The maximum absolute atomic E-state index is 10.9. The van der Waals surface area contributed by atoms with Crippen molar-refractivity contribution >= 4 is 28.6 Å². The fourth-order valence-electron chi connectivity index (χ4n) is 1.02. The van der Waals surface area contributed by atoms with Crippen LogP contribution in [0, 0.1) is 5.92 Å². The molecule has 0 amide bonds. The number of carbonyl (C=O) groups is 1. The summed E-state index contributed by atoms with van der Waals surface area (Å²) in [4.78, 5) is 10.9. The summed E-state index contributed by atoms with van der Waals surface area (Å²) in [5.41, 5.74) is 0. The fourth-order valence-corrected chi connectivity index (χ4v) is 3.46. The van der Waals surface area contributed by atoms with E-state index in [4.69, 9.17) is 0 Å². The van der Waals surface area contributed by atoms with Crippen molar-refractivity contribution < 1.29 is 4.79 Å². The van der Waals surface area contributed by atoms with Crippen molar-refractivity contribution in [3.8, 4) is 0 Å². The molecule has 84 valence electrons. The first-order valence-corrected chi connectivity index (χ1v) is 6.90. The zero-order valence-electron chi connectivity index (χ0n) is 10.1. The third kappa shape index (κ3) is 7.74. The van der Waals surface area contributed by atoms with Crippen molar-refractivity contribution in [2.75, 3.05) is 5.75 Å². The molecule has 0 aromatic heterocycles. The van der Waals surface area contributed by atoms with Gasteiger partial charge >= 0.3 is 0 Å². The largest absolute Gasteiger partial charge is 0.288 e. The summed E-state index contributed by atoms with van der Waals surface area (Å²) >= 11 is 3.43. The molecular weight excluding hydrogens is 212 g/mol. The molecular formula is C11H22OS2. The van der Waals surface area contributed by atoms with Gasteiger partial charge in [-0.2, -0.15) is 11.8 Å². The van der Waals surface area contributed by atoms with E-state index < -0.39 is 0 Å². The van der Waals surface area contributed by atoms with Gasteiger partial charge in [-0.15, -0.1) is 0 Å². The van der Waals surface area contributed by atoms with E-state index in [1.165, 1.54) is 11.8 Å². The van der Waals surface area contributed by atoms with Crippen LogP contribution in [-0.4, -0.2) is 20.9 Å². The van der Waals surface area contributed by atoms with Crippen LogP contribution in [0.2, 0.25) is 0 Å². The number of hydrogen-bond donors (Lipinski definition) is 0. The van der Waals surface area contributed by atoms with Gasteiger partial charge in [0.15, 0.2) is 5.12 Å². The Kier molecular flexibility index (Phi) is 6.22. The smallest absolute Gasteiger partial charge is 0.185 e. The fraction of sp³-hybridized carbons (Fsp3) is 0.909. The van der Waals surface area contributed by atoms with E-state index in [0.29, 0.717) is 11.2 Å². The second kappa shape index (κ2) is 6.06. The molecule has 0 radical (unpaired) electrons. The molecule has 0 spiro atoms. The Labute approximate surface area is 96.8 Å². The summed E-state index contributed by atoms with van der Waals surface area (Å²) in [6.07, 6.45) is 0. The Bertz CT molecular complexity index is 182. The minimum Gasteiger partial charge on any atom is -0.288 e. The van der Waals surface area contributed by atoms with E-state index >= 15 is 0 Å². The first-order valence-electron chi connectivity index (χ1n) is 5.03. The minimum atomic E-state index is 0.227. The van der Waals surface area contributed by atoms with Gasteiger partial charge < -0.3 is 0 Å². The van der Waals surface area contributed by atoms with Crippen LogP contribution in [0.1, 0.15) is 41.5 Å². The van der Waals surface area contributed by atoms with Crippen LogP contribution in [0.4, 0.5) is 0 Å². The van der Waals surface area contributed by atoms with Gasteiger partial charge in [0.05, 0.1) is 0 Å². The number of thioether (sulfide) groups is 2. The molecule has 0 unspecified atom stereocenters. The van der Waals surface area contributed by atoms with E-state index in [1.807, 2.05) is 11.8 Å². The Morgan fingerprint density at radius 2 is 1.79 bits per heavy atom. The predicted molar refractivity (Wildman–Crippen MR) is 69.1 cm³/mol. The summed E-state index contributed by atoms with van der Waals surface area (Å²) < 4.78 is 0.284. The lowest BCUT2D eigenvalue weighted by molar-refractivity contribution is -0.109. The molecule has 0 aromatic rings. The van der Waals surface area contributed by atoms with Gasteiger partial charge in [0.1, 0.15) is 0 Å². The van der Waals surface area contributed by atoms with Crippen LogP contribution < -0.4 is 0 Å². The monoisotopic (exact) mass is 234 g/mol. The van der Waals surface area contributed by atoms with Crippen LogP contribution in [-0.2, 0) is 4.79 Å². The van der Waals surface area contributed by atoms with Crippen molar-refractivity contribution in [1.82, 2.24) is 0 Å². The van der Waals surface area contributed by atoms with E-state index in [0.717, 1.165) is 5.75 Å². The van der Waals surface area contributed by atoms with Gasteiger partial charge in [0.25, 0.3) is 0 Å². The van der Waals surface area contributed by atoms with E-state index in [2.05, 4.69) is 34.6 Å². The maximum Gasteiger partial charge on any atom is 0.185 e. The second-order valence-electron chi connectivity index (χ2n) is 4.82. The molecule has 0 fully saturated rings. The van der Waals surface area contributed by atoms with Crippen LogP contribution >= 0.6 is 23.5 Å². The Morgan fingerprint density at radius 3 is 2.07 bits per heavy atom. The summed E-state index contributed by atoms with van der Waals surface area (Å²) in [6.45, 7) is 12.8. The van der Waals surface area contributed by atoms with Crippen molar-refractivity contribution in [2.45, 2.75) is 51.5 Å². The summed E-state index contributed by atoms with van der Waals surface area (Å²) in [5.74, 6) is 1.57. The molecule has 0 N–H and O–H groups in total. The normalized spacial score (nSPS) is 14.5. The van der Waals surface area contributed by atoms with Crippen molar-refractivity contribution in [2.24, 2.45) is 5.92 Å². The molecule has 1 nitrogen and oxygen atoms in total. The first-order chi connectivity index (χ1) is 6.22. The quantitative estimate of drug-likeness (QED) is 0.736. The molecule has 0 bridgehead atoms. The van der Waals surface area contributed by atoms with E-state index in [9.17, 15) is 4.79 Å². The number of hydrogen-bond acceptors (Lipinski definition) is 3. The zero-order chi connectivity index (χ0) is 11.4. The molecule has 14 heavy (non-hydrogen) atoms. The molecule has 0 rings (SSSR count). The summed E-state index contributed by atoms with van der Waals surface area (Å²) in [6, 6.07) is 0. The Morgan fingerprint density at radius 1 is 1.29 bits per heavy atom. The molecule has 0 aliphatic carbocycles. The van der Waals surface area contributed by atoms with Crippen LogP contribution in [0.15, 0.2) is 0 Å². The van der Waals surface area contributed by atoms with Crippen LogP contribution in [0.3, 0.4) is 0 Å². The SMILES string of the molecule is CC(=O)SC[C@H](SC(C)(C)C)C(C)C. The lowest BCUT2D eigenvalue weighted by atomic mass is 10.1. The lowest BCUT2D eigenvalue weighted by Crippen LogP contribution is -2.22. The molecule has 1 atom stereocenters. The molecule has 0 aromatic carbocycles. The minimum absolute atomic E-state index is 0.227. The maximum atomic E-state index is 10.9. The molecule has 3 heteroatoms. The van der Waals surface area contributed by atoms with Crippen molar-refractivity contribution in [1.29, 1.82) is 0 Å². The highest BCUT2D eigenvalue weighted by atomic mass is 32.2. The highest BCUT2D eigenvalue weighted by Crippen LogP contribution is 2.33. The average Bonchev–Trinajstić information content (AvgIpc) is 1.94. The Hall–Kier alpha value is 0.370. The van der Waals surface area contributed by atoms with Gasteiger partial charge in [0.2, 0.25) is 0 Å². The molecule has 0 heterocycles. The molecule has 0 saturated heterocycles. The third-order valence-corrected chi connectivity index (χ3v) is 4.56. The highest BCUT2D eigenvalue weighted by Gasteiger charge is 2.22. The highest BCUT2D eigenvalue weighted by molar-refractivity contribution is 8.14. The number of carbonyl (C=O) groups excluding carboxylic acids is 1. The molecule has 0 aliphatic heterocycles. The topological polar surface area (TPSA) is 17.1 Å². The lowest BCUT2D eigenvalue weighted by Gasteiger charge is -2.27. The van der Waals surface area contributed by atoms with E-state index in [1.54, 1.807) is 6.92 Å². The van der Waals surface area contributed by atoms with Gasteiger partial charge in [-0.05, 0) is 5.92 Å². The average molecular weight is 234 g/mol. The van der Waals surface area contributed by atoms with Gasteiger partial charge in [-0.1, -0.05) is 46.4 Å². The van der Waals surface area contributed by atoms with Gasteiger partial charge in [-0.25, -0.2) is 0 Å². The standard InChI is InChI=1S/C11H22OS2/c1-8(2)10(7-13-9(3)12)14-11(4,5)6/h8,10H,7H2,1-6H3/t10-/m0/s1. The van der Waals surface area contributed by atoms with Gasteiger partial charge in [-0.3, -0.25) is 4.79 Å². The zero-order valence-corrected chi connectivity index (χ0v) is 11.7. The Balaban J connectivity index is 4.10. The van der Waals surface area contributed by atoms with Crippen LogP contribution in [0.5, 0.6) is 0 Å². The number of rotatable bonds is 4. The second-order valence-corrected chi connectivity index (χ2v) is 8.08. The van der Waals surface area contributed by atoms with Crippen LogP contribution in [0.25, 0.3) is 0 Å². The first kappa shape index (κ1) is 14.4. The van der Waals surface area contributed by atoms with E-state index in [-0.39, 0.29) is 9.86 Å². The predicted octanol–water partition coefficient (Wildman–Crippen LogP) is 3.82. The molecule has 0 aliphatic rings. The molecule has 0 saturated carbocycles.